The lowest BCUT2D eigenvalue weighted by molar-refractivity contribution is 0.277. The van der Waals surface area contributed by atoms with Crippen LogP contribution in [0.15, 0.2) is 18.2 Å². The van der Waals surface area contributed by atoms with Crippen LogP contribution in [0.1, 0.15) is 51.9 Å². The summed E-state index contributed by atoms with van der Waals surface area (Å²) in [5.74, 6) is 0.465. The van der Waals surface area contributed by atoms with Crippen LogP contribution in [0.5, 0.6) is 0 Å². The monoisotopic (exact) mass is 445 g/mol. The summed E-state index contributed by atoms with van der Waals surface area (Å²) in [6.45, 7) is 5.87. The third kappa shape index (κ3) is 6.25. The fourth-order valence-corrected chi connectivity index (χ4v) is 4.72. The molecule has 1 aromatic heterocycles. The molecule has 1 unspecified atom stereocenters. The molecule has 2 heterocycles. The number of likely N-dealkylation sites (N-methyl/N-ethyl adjacent to an activating group) is 1. The molecule has 1 atom stereocenters. The van der Waals surface area contributed by atoms with Gasteiger partial charge in [0.05, 0.1) is 0 Å². The Morgan fingerprint density at radius 2 is 1.50 bits per heavy atom. The summed E-state index contributed by atoms with van der Waals surface area (Å²) in [6.07, 6.45) is 8.62. The molecule has 0 bridgehead atoms. The van der Waals surface area contributed by atoms with Gasteiger partial charge in [0.2, 0.25) is 17.8 Å². The Labute approximate surface area is 188 Å². The maximum Gasteiger partial charge on any atom is 0.233 e. The second-order valence-corrected chi connectivity index (χ2v) is 8.78. The van der Waals surface area contributed by atoms with E-state index in [2.05, 4.69) is 42.7 Å². The Morgan fingerprint density at radius 1 is 0.844 bits per heavy atom. The second kappa shape index (κ2) is 10.8. The molecule has 0 spiro atoms. The van der Waals surface area contributed by atoms with Crippen LogP contribution in [0.4, 0.5) is 32.3 Å². The predicted octanol–water partition coefficient (Wildman–Crippen LogP) is 4.78. The lowest BCUT2D eigenvalue weighted by Crippen LogP contribution is -2.35. The molecule has 9 heteroatoms. The summed E-state index contributed by atoms with van der Waals surface area (Å²) in [5.41, 5.74) is 0.255. The molecular weight excluding hydrogens is 412 g/mol. The molecule has 2 fully saturated rings. The van der Waals surface area contributed by atoms with Gasteiger partial charge in [-0.2, -0.15) is 15.0 Å². The summed E-state index contributed by atoms with van der Waals surface area (Å²) >= 11 is 0. The number of nitrogens with zero attached hydrogens (tertiary/aromatic N) is 4. The highest BCUT2D eigenvalue weighted by Gasteiger charge is 2.23. The third-order valence-corrected chi connectivity index (χ3v) is 6.43. The Balaban J connectivity index is 1.48. The van der Waals surface area contributed by atoms with Gasteiger partial charge in [-0.15, -0.1) is 0 Å². The van der Waals surface area contributed by atoms with Crippen molar-refractivity contribution >= 4 is 23.5 Å². The fourth-order valence-electron chi connectivity index (χ4n) is 4.72. The van der Waals surface area contributed by atoms with Crippen molar-refractivity contribution in [3.05, 3.63) is 29.8 Å². The lowest BCUT2D eigenvalue weighted by Gasteiger charge is -2.23. The average Bonchev–Trinajstić information content (AvgIpc) is 3.24. The van der Waals surface area contributed by atoms with Crippen LogP contribution in [0.2, 0.25) is 0 Å². The van der Waals surface area contributed by atoms with Crippen molar-refractivity contribution in [1.29, 1.82) is 0 Å². The Kier molecular flexibility index (Phi) is 7.68. The molecule has 2 aromatic rings. The van der Waals surface area contributed by atoms with Crippen LogP contribution in [-0.4, -0.2) is 52.1 Å². The summed E-state index contributed by atoms with van der Waals surface area (Å²) < 4.78 is 27.2. The predicted molar refractivity (Wildman–Crippen MR) is 123 cm³/mol. The number of nitrogens with one attached hydrogen (secondary N) is 3. The van der Waals surface area contributed by atoms with Gasteiger partial charge in [0.25, 0.3) is 0 Å². The van der Waals surface area contributed by atoms with Crippen LogP contribution in [0, 0.1) is 17.6 Å². The first kappa shape index (κ1) is 22.6. The van der Waals surface area contributed by atoms with E-state index in [1.165, 1.54) is 50.7 Å². The molecule has 1 aliphatic heterocycles. The Bertz CT molecular complexity index is 868. The molecular formula is C23H33F2N7. The van der Waals surface area contributed by atoms with E-state index in [0.717, 1.165) is 38.7 Å². The molecule has 2 aliphatic rings. The number of aromatic nitrogens is 3. The van der Waals surface area contributed by atoms with Gasteiger partial charge in [0.15, 0.2) is 0 Å². The van der Waals surface area contributed by atoms with E-state index in [-0.39, 0.29) is 11.6 Å². The van der Waals surface area contributed by atoms with Crippen molar-refractivity contribution in [1.82, 2.24) is 19.9 Å². The normalized spacial score (nSPS) is 19.8. The maximum absolute atomic E-state index is 13.6. The van der Waals surface area contributed by atoms with Crippen molar-refractivity contribution in [2.45, 2.75) is 57.9 Å². The highest BCUT2D eigenvalue weighted by atomic mass is 19.1. The molecule has 1 aliphatic carbocycles. The number of anilines is 4. The van der Waals surface area contributed by atoms with Gasteiger partial charge in [-0.3, -0.25) is 4.90 Å². The number of rotatable bonds is 9. The van der Waals surface area contributed by atoms with Gasteiger partial charge in [-0.05, 0) is 56.8 Å². The van der Waals surface area contributed by atoms with Crippen molar-refractivity contribution in [3.8, 4) is 0 Å². The van der Waals surface area contributed by atoms with Crippen molar-refractivity contribution in [2.24, 2.45) is 5.92 Å². The van der Waals surface area contributed by atoms with Crippen LogP contribution < -0.4 is 16.0 Å². The SMILES string of the molecule is CCN1CCCC1CNc1nc(NCC2CCCCC2)nc(Nc2cc(F)cc(F)c2)n1. The number of likely N-dealkylation sites (tertiary alicyclic amines) is 1. The zero-order chi connectivity index (χ0) is 22.3. The van der Waals surface area contributed by atoms with Gasteiger partial charge in [-0.1, -0.05) is 26.2 Å². The molecule has 174 valence electrons. The standard InChI is InChI=1S/C23H33F2N7/c1-2-32-10-6-9-20(32)15-27-22-29-21(26-14-16-7-4-3-5-8-16)30-23(31-22)28-19-12-17(24)11-18(25)13-19/h11-13,16,20H,2-10,14-15H2,1H3,(H3,26,27,28,29,30,31). The van der Waals surface area contributed by atoms with Crippen LogP contribution in [-0.2, 0) is 0 Å². The molecule has 7 nitrogen and oxygen atoms in total. The van der Waals surface area contributed by atoms with E-state index >= 15 is 0 Å². The minimum Gasteiger partial charge on any atom is -0.354 e. The topological polar surface area (TPSA) is 78.0 Å². The smallest absolute Gasteiger partial charge is 0.233 e. The van der Waals surface area contributed by atoms with Crippen molar-refractivity contribution < 1.29 is 8.78 Å². The van der Waals surface area contributed by atoms with E-state index in [4.69, 9.17) is 0 Å². The average molecular weight is 446 g/mol. The van der Waals surface area contributed by atoms with Gasteiger partial charge in [0, 0.05) is 30.9 Å². The van der Waals surface area contributed by atoms with Gasteiger partial charge in [-0.25, -0.2) is 8.78 Å². The lowest BCUT2D eigenvalue weighted by atomic mass is 9.89. The van der Waals surface area contributed by atoms with Gasteiger partial charge in [0.1, 0.15) is 11.6 Å². The maximum atomic E-state index is 13.6. The third-order valence-electron chi connectivity index (χ3n) is 6.43. The molecule has 0 amide bonds. The van der Waals surface area contributed by atoms with E-state index in [9.17, 15) is 8.78 Å². The van der Waals surface area contributed by atoms with E-state index in [1.54, 1.807) is 0 Å². The number of hydrogen-bond donors (Lipinski definition) is 3. The van der Waals surface area contributed by atoms with E-state index in [0.29, 0.717) is 23.9 Å². The molecule has 32 heavy (non-hydrogen) atoms. The summed E-state index contributed by atoms with van der Waals surface area (Å²) in [6, 6.07) is 3.72. The Hall–Kier alpha value is -2.55. The quantitative estimate of drug-likeness (QED) is 0.513. The highest BCUT2D eigenvalue weighted by molar-refractivity contribution is 5.55. The first-order valence-corrected chi connectivity index (χ1v) is 11.8. The molecule has 1 saturated heterocycles. The van der Waals surface area contributed by atoms with Crippen LogP contribution in [0.3, 0.4) is 0 Å². The van der Waals surface area contributed by atoms with Crippen LogP contribution >= 0.6 is 0 Å². The number of halogens is 2. The largest absolute Gasteiger partial charge is 0.354 e. The zero-order valence-electron chi connectivity index (χ0n) is 18.7. The first-order valence-electron chi connectivity index (χ1n) is 11.8. The summed E-state index contributed by atoms with van der Waals surface area (Å²) in [7, 11) is 0. The molecule has 1 aromatic carbocycles. The second-order valence-electron chi connectivity index (χ2n) is 8.78. The molecule has 1 saturated carbocycles. The van der Waals surface area contributed by atoms with E-state index < -0.39 is 11.6 Å². The van der Waals surface area contributed by atoms with E-state index in [1.807, 2.05) is 0 Å². The van der Waals surface area contributed by atoms with Gasteiger partial charge >= 0.3 is 0 Å². The van der Waals surface area contributed by atoms with Gasteiger partial charge < -0.3 is 16.0 Å². The summed E-state index contributed by atoms with van der Waals surface area (Å²) in [4.78, 5) is 15.9. The Morgan fingerprint density at radius 3 is 2.19 bits per heavy atom. The molecule has 0 radical (unpaired) electrons. The minimum absolute atomic E-state index is 0.248. The number of hydrogen-bond acceptors (Lipinski definition) is 7. The fraction of sp³-hybridized carbons (Fsp3) is 0.609. The van der Waals surface area contributed by atoms with Crippen molar-refractivity contribution in [3.63, 3.8) is 0 Å². The molecule has 4 rings (SSSR count). The zero-order valence-corrected chi connectivity index (χ0v) is 18.7. The van der Waals surface area contributed by atoms with Crippen LogP contribution in [0.25, 0.3) is 0 Å². The number of benzene rings is 1. The first-order chi connectivity index (χ1) is 15.6. The van der Waals surface area contributed by atoms with Crippen molar-refractivity contribution in [2.75, 3.05) is 42.1 Å². The minimum atomic E-state index is -0.656. The summed E-state index contributed by atoms with van der Waals surface area (Å²) in [5, 5.41) is 9.62. The molecule has 3 N–H and O–H groups in total. The highest BCUT2D eigenvalue weighted by Crippen LogP contribution is 2.24.